The van der Waals surface area contributed by atoms with Crippen molar-refractivity contribution in [3.8, 4) is 5.75 Å². The zero-order chi connectivity index (χ0) is 18.4. The first-order chi connectivity index (χ1) is 12.6. The average Bonchev–Trinajstić information content (AvgIpc) is 3.09. The highest BCUT2D eigenvalue weighted by Crippen LogP contribution is 2.29. The summed E-state index contributed by atoms with van der Waals surface area (Å²) in [4.78, 5) is 12.0. The molecule has 1 amide bonds. The Morgan fingerprint density at radius 3 is 2.77 bits per heavy atom. The molecule has 9 heteroatoms. The molecule has 1 heterocycles. The molecule has 0 radical (unpaired) electrons. The number of anilines is 1. The number of thioether (sulfide) groups is 1. The van der Waals surface area contributed by atoms with Gasteiger partial charge in [0.1, 0.15) is 5.75 Å². The second kappa shape index (κ2) is 9.23. The number of nitrogens with one attached hydrogen (secondary N) is 1. The number of nitrogens with zero attached hydrogens (tertiary/aromatic N) is 2. The van der Waals surface area contributed by atoms with Crippen molar-refractivity contribution in [2.45, 2.75) is 10.1 Å². The summed E-state index contributed by atoms with van der Waals surface area (Å²) in [6, 6.07) is 14.9. The number of hydrogen-bond donors (Lipinski definition) is 1. The minimum atomic E-state index is -0.350. The normalized spacial score (nSPS) is 10.5. The van der Waals surface area contributed by atoms with E-state index in [2.05, 4.69) is 27.6 Å². The summed E-state index contributed by atoms with van der Waals surface area (Å²) in [5.41, 5.74) is 1.20. The van der Waals surface area contributed by atoms with Gasteiger partial charge in [-0.05, 0) is 17.7 Å². The van der Waals surface area contributed by atoms with Crippen molar-refractivity contribution < 1.29 is 9.53 Å². The van der Waals surface area contributed by atoms with Gasteiger partial charge in [-0.1, -0.05) is 76.6 Å². The third-order valence-corrected chi connectivity index (χ3v) is 5.70. The predicted molar refractivity (Wildman–Crippen MR) is 106 cm³/mol. The van der Waals surface area contributed by atoms with Crippen molar-refractivity contribution in [1.82, 2.24) is 10.2 Å². The Kier molecular flexibility index (Phi) is 6.73. The second-order valence-electron chi connectivity index (χ2n) is 5.06. The molecular weight excluding hydrogens is 413 g/mol. The van der Waals surface area contributed by atoms with Gasteiger partial charge in [-0.2, -0.15) is 0 Å². The summed E-state index contributed by atoms with van der Waals surface area (Å²) in [6.07, 6.45) is 0. The van der Waals surface area contributed by atoms with Gasteiger partial charge in [0.25, 0.3) is 5.91 Å². The first-order valence-electron chi connectivity index (χ1n) is 7.48. The smallest absolute Gasteiger partial charge is 0.264 e. The van der Waals surface area contributed by atoms with Crippen LogP contribution >= 0.6 is 46.3 Å². The first-order valence-corrected chi connectivity index (χ1v) is 10.0. The van der Waals surface area contributed by atoms with E-state index < -0.39 is 0 Å². The van der Waals surface area contributed by atoms with Crippen LogP contribution in [-0.2, 0) is 10.5 Å². The molecule has 0 aliphatic carbocycles. The minimum absolute atomic E-state index is 0.202. The molecule has 0 atom stereocenters. The lowest BCUT2D eigenvalue weighted by molar-refractivity contribution is -0.118. The highest BCUT2D eigenvalue weighted by molar-refractivity contribution is 8.00. The lowest BCUT2D eigenvalue weighted by Crippen LogP contribution is -2.20. The fourth-order valence-electron chi connectivity index (χ4n) is 1.92. The van der Waals surface area contributed by atoms with Crippen molar-refractivity contribution in [1.29, 1.82) is 0 Å². The van der Waals surface area contributed by atoms with E-state index in [9.17, 15) is 4.79 Å². The summed E-state index contributed by atoms with van der Waals surface area (Å²) < 4.78 is 6.17. The van der Waals surface area contributed by atoms with E-state index in [4.69, 9.17) is 27.9 Å². The molecule has 1 aromatic heterocycles. The number of benzene rings is 2. The Bertz CT molecular complexity index is 891. The molecule has 0 saturated carbocycles. The van der Waals surface area contributed by atoms with Crippen molar-refractivity contribution in [2.75, 3.05) is 11.9 Å². The van der Waals surface area contributed by atoms with Crippen molar-refractivity contribution in [3.63, 3.8) is 0 Å². The zero-order valence-corrected chi connectivity index (χ0v) is 16.5. The maximum absolute atomic E-state index is 12.0. The standard InChI is InChI=1S/C17H13Cl2N3O2S2/c18-12-6-7-13(19)14(8-12)24-9-15(23)20-16-21-22-17(26-16)25-10-11-4-2-1-3-5-11/h1-8H,9-10H2,(H,20,21,23). The van der Waals surface area contributed by atoms with Crippen LogP contribution in [0.2, 0.25) is 10.0 Å². The topological polar surface area (TPSA) is 64.1 Å². The van der Waals surface area contributed by atoms with Crippen LogP contribution in [0.1, 0.15) is 5.56 Å². The van der Waals surface area contributed by atoms with Gasteiger partial charge in [-0.15, -0.1) is 10.2 Å². The number of carbonyl (C=O) groups is 1. The molecule has 3 aromatic rings. The van der Waals surface area contributed by atoms with Crippen LogP contribution < -0.4 is 10.1 Å². The predicted octanol–water partition coefficient (Wildman–Crippen LogP) is 5.15. The largest absolute Gasteiger partial charge is 0.482 e. The van der Waals surface area contributed by atoms with Crippen LogP contribution in [0.4, 0.5) is 5.13 Å². The van der Waals surface area contributed by atoms with Gasteiger partial charge >= 0.3 is 0 Å². The first kappa shape index (κ1) is 19.0. The van der Waals surface area contributed by atoms with Gasteiger partial charge in [0.15, 0.2) is 10.9 Å². The number of aromatic nitrogens is 2. The summed E-state index contributed by atoms with van der Waals surface area (Å²) in [5, 5.41) is 12.0. The molecule has 0 fully saturated rings. The van der Waals surface area contributed by atoms with Crippen molar-refractivity contribution >= 4 is 57.3 Å². The quantitative estimate of drug-likeness (QED) is 0.418. The Morgan fingerprint density at radius 1 is 1.15 bits per heavy atom. The van der Waals surface area contributed by atoms with Crippen LogP contribution in [0, 0.1) is 0 Å². The molecule has 26 heavy (non-hydrogen) atoms. The zero-order valence-electron chi connectivity index (χ0n) is 13.3. The molecule has 0 aliphatic rings. The van der Waals surface area contributed by atoms with E-state index in [-0.39, 0.29) is 12.5 Å². The minimum Gasteiger partial charge on any atom is -0.482 e. The van der Waals surface area contributed by atoms with E-state index in [1.54, 1.807) is 30.0 Å². The Labute approximate surface area is 168 Å². The Hall–Kier alpha value is -1.80. The van der Waals surface area contributed by atoms with Crippen LogP contribution in [-0.4, -0.2) is 22.7 Å². The van der Waals surface area contributed by atoms with Crippen LogP contribution in [0.15, 0.2) is 52.9 Å². The molecule has 3 rings (SSSR count). The fourth-order valence-corrected chi connectivity index (χ4v) is 3.98. The molecule has 0 spiro atoms. The van der Waals surface area contributed by atoms with Gasteiger partial charge in [-0.25, -0.2) is 0 Å². The molecule has 0 saturated heterocycles. The van der Waals surface area contributed by atoms with Gasteiger partial charge in [0.05, 0.1) is 5.02 Å². The van der Waals surface area contributed by atoms with Gasteiger partial charge < -0.3 is 4.74 Å². The highest BCUT2D eigenvalue weighted by atomic mass is 35.5. The van der Waals surface area contributed by atoms with Crippen molar-refractivity contribution in [2.24, 2.45) is 0 Å². The SMILES string of the molecule is O=C(COc1cc(Cl)ccc1Cl)Nc1nnc(SCc2ccccc2)s1. The molecule has 0 bridgehead atoms. The van der Waals surface area contributed by atoms with E-state index >= 15 is 0 Å². The highest BCUT2D eigenvalue weighted by Gasteiger charge is 2.11. The number of carbonyl (C=O) groups excluding carboxylic acids is 1. The van der Waals surface area contributed by atoms with Gasteiger partial charge in [-0.3, -0.25) is 10.1 Å². The maximum atomic E-state index is 12.0. The number of hydrogen-bond acceptors (Lipinski definition) is 6. The van der Waals surface area contributed by atoms with Gasteiger partial charge in [0.2, 0.25) is 5.13 Å². The number of ether oxygens (including phenoxy) is 1. The molecule has 0 aliphatic heterocycles. The lowest BCUT2D eigenvalue weighted by Gasteiger charge is -2.07. The van der Waals surface area contributed by atoms with Gasteiger partial charge in [0, 0.05) is 16.8 Å². The number of amides is 1. The van der Waals surface area contributed by atoms with E-state index in [1.165, 1.54) is 16.9 Å². The van der Waals surface area contributed by atoms with E-state index in [0.29, 0.717) is 20.9 Å². The Morgan fingerprint density at radius 2 is 1.96 bits per heavy atom. The lowest BCUT2D eigenvalue weighted by atomic mass is 10.2. The summed E-state index contributed by atoms with van der Waals surface area (Å²) >= 11 is 14.7. The second-order valence-corrected chi connectivity index (χ2v) is 8.10. The third kappa shape index (κ3) is 5.60. The molecule has 1 N–H and O–H groups in total. The molecule has 0 unspecified atom stereocenters. The molecular formula is C17H13Cl2N3O2S2. The monoisotopic (exact) mass is 425 g/mol. The van der Waals surface area contributed by atoms with E-state index in [1.807, 2.05) is 18.2 Å². The third-order valence-electron chi connectivity index (χ3n) is 3.11. The number of halogens is 2. The van der Waals surface area contributed by atoms with Crippen LogP contribution in [0.25, 0.3) is 0 Å². The Balaban J connectivity index is 1.49. The summed E-state index contributed by atoms with van der Waals surface area (Å²) in [5.74, 6) is 0.794. The van der Waals surface area contributed by atoms with E-state index in [0.717, 1.165) is 10.1 Å². The summed E-state index contributed by atoms with van der Waals surface area (Å²) in [6.45, 7) is -0.202. The average molecular weight is 426 g/mol. The molecule has 2 aromatic carbocycles. The number of rotatable bonds is 7. The van der Waals surface area contributed by atoms with Crippen LogP contribution in [0.5, 0.6) is 5.75 Å². The summed E-state index contributed by atoms with van der Waals surface area (Å²) in [7, 11) is 0. The van der Waals surface area contributed by atoms with Crippen LogP contribution in [0.3, 0.4) is 0 Å². The fraction of sp³-hybridized carbons (Fsp3) is 0.118. The maximum Gasteiger partial charge on any atom is 0.264 e. The van der Waals surface area contributed by atoms with Crippen molar-refractivity contribution in [3.05, 3.63) is 64.1 Å². The molecule has 5 nitrogen and oxygen atoms in total. The molecule has 134 valence electrons.